The van der Waals surface area contributed by atoms with E-state index < -0.39 is 0 Å². The maximum atomic E-state index is 12.9. The predicted molar refractivity (Wildman–Crippen MR) is 108 cm³/mol. The Morgan fingerprint density at radius 2 is 1.79 bits per heavy atom. The van der Waals surface area contributed by atoms with Crippen LogP contribution in [-0.2, 0) is 17.8 Å². The van der Waals surface area contributed by atoms with Crippen LogP contribution in [0.15, 0.2) is 42.7 Å². The number of fused-ring (bicyclic) bond motifs is 3. The van der Waals surface area contributed by atoms with E-state index in [1.54, 1.807) is 12.4 Å². The summed E-state index contributed by atoms with van der Waals surface area (Å²) in [4.78, 5) is 31.5. The molecule has 0 radical (unpaired) electrons. The van der Waals surface area contributed by atoms with Gasteiger partial charge in [-0.15, -0.1) is 0 Å². The first kappa shape index (κ1) is 17.2. The Morgan fingerprint density at radius 1 is 1.00 bits per heavy atom. The van der Waals surface area contributed by atoms with E-state index in [9.17, 15) is 4.79 Å². The normalized spacial score (nSPS) is 17.7. The van der Waals surface area contributed by atoms with Crippen LogP contribution in [0.1, 0.15) is 11.3 Å². The minimum absolute atomic E-state index is 0.223. The lowest BCUT2D eigenvalue weighted by molar-refractivity contribution is -0.133. The van der Waals surface area contributed by atoms with Gasteiger partial charge in [-0.05, 0) is 12.1 Å². The molecule has 3 aromatic rings. The second-order valence-electron chi connectivity index (χ2n) is 7.50. The first-order chi connectivity index (χ1) is 13.8. The summed E-state index contributed by atoms with van der Waals surface area (Å²) in [5.74, 6) is 0.997. The van der Waals surface area contributed by atoms with Gasteiger partial charge in [-0.1, -0.05) is 18.2 Å². The van der Waals surface area contributed by atoms with E-state index in [1.807, 2.05) is 17.0 Å². The summed E-state index contributed by atoms with van der Waals surface area (Å²) < 4.78 is 0. The molecule has 0 unspecified atom stereocenters. The number of piperazine rings is 1. The van der Waals surface area contributed by atoms with Crippen molar-refractivity contribution in [3.05, 3.63) is 54.0 Å². The quantitative estimate of drug-likeness (QED) is 0.753. The van der Waals surface area contributed by atoms with Gasteiger partial charge < -0.3 is 14.8 Å². The number of hydrogen-bond donors (Lipinski definition) is 1. The molecule has 5 rings (SSSR count). The zero-order valence-electron chi connectivity index (χ0n) is 15.8. The number of hydrogen-bond acceptors (Lipinski definition) is 5. The van der Waals surface area contributed by atoms with E-state index in [-0.39, 0.29) is 5.91 Å². The zero-order chi connectivity index (χ0) is 18.9. The van der Waals surface area contributed by atoms with Crippen LogP contribution in [0.5, 0.6) is 0 Å². The van der Waals surface area contributed by atoms with Crippen molar-refractivity contribution in [3.8, 4) is 0 Å². The topological polar surface area (TPSA) is 68.4 Å². The molecule has 4 heterocycles. The lowest BCUT2D eigenvalue weighted by Crippen LogP contribution is -2.51. The molecule has 0 bridgehead atoms. The molecule has 2 aromatic heterocycles. The third-order valence-corrected chi connectivity index (χ3v) is 5.80. The number of benzene rings is 1. The highest BCUT2D eigenvalue weighted by Gasteiger charge is 2.26. The number of nitrogens with one attached hydrogen (secondary N) is 1. The third-order valence-electron chi connectivity index (χ3n) is 5.80. The molecule has 0 atom stereocenters. The number of amides is 1. The van der Waals surface area contributed by atoms with Crippen LogP contribution in [0.25, 0.3) is 10.9 Å². The predicted octanol–water partition coefficient (Wildman–Crippen LogP) is 1.66. The smallest absolute Gasteiger partial charge is 0.237 e. The molecule has 1 fully saturated rings. The number of carbonyl (C=O) groups excluding carboxylic acids is 1. The van der Waals surface area contributed by atoms with Crippen LogP contribution < -0.4 is 4.90 Å². The molecule has 28 heavy (non-hydrogen) atoms. The average molecular weight is 376 g/mol. The Morgan fingerprint density at radius 3 is 2.61 bits per heavy atom. The van der Waals surface area contributed by atoms with Gasteiger partial charge in [0.25, 0.3) is 0 Å². The molecule has 144 valence electrons. The van der Waals surface area contributed by atoms with Crippen molar-refractivity contribution in [2.24, 2.45) is 0 Å². The van der Waals surface area contributed by atoms with Gasteiger partial charge in [-0.3, -0.25) is 9.69 Å². The van der Waals surface area contributed by atoms with Gasteiger partial charge in [0, 0.05) is 80.2 Å². The lowest BCUT2D eigenvalue weighted by Gasteiger charge is -2.36. The van der Waals surface area contributed by atoms with Crippen LogP contribution in [0.2, 0.25) is 0 Å². The second-order valence-corrected chi connectivity index (χ2v) is 7.50. The van der Waals surface area contributed by atoms with E-state index in [1.165, 1.54) is 22.2 Å². The molecule has 1 aromatic carbocycles. The Bertz CT molecular complexity index is 977. The second kappa shape index (κ2) is 7.24. The summed E-state index contributed by atoms with van der Waals surface area (Å²) in [6, 6.07) is 10.2. The van der Waals surface area contributed by atoms with E-state index in [2.05, 4.69) is 43.0 Å². The highest BCUT2D eigenvalue weighted by atomic mass is 16.2. The average Bonchev–Trinajstić information content (AvgIpc) is 3.13. The molecule has 2 aliphatic heterocycles. The number of para-hydroxylation sites is 1. The Hall–Kier alpha value is -2.93. The van der Waals surface area contributed by atoms with E-state index in [0.29, 0.717) is 13.1 Å². The van der Waals surface area contributed by atoms with Gasteiger partial charge >= 0.3 is 0 Å². The van der Waals surface area contributed by atoms with Crippen molar-refractivity contribution >= 4 is 22.8 Å². The molecule has 1 amide bonds. The molecule has 0 spiro atoms. The summed E-state index contributed by atoms with van der Waals surface area (Å²) >= 11 is 0. The monoisotopic (exact) mass is 376 g/mol. The SMILES string of the molecule is O=C(CN1CCN(c2ncccn2)CC1)N1CCc2[nH]c3ccccc3c2C1. The summed E-state index contributed by atoms with van der Waals surface area (Å²) in [5, 5.41) is 1.24. The van der Waals surface area contributed by atoms with E-state index >= 15 is 0 Å². The van der Waals surface area contributed by atoms with Crippen molar-refractivity contribution in [1.82, 2.24) is 24.8 Å². The fourth-order valence-corrected chi connectivity index (χ4v) is 4.23. The van der Waals surface area contributed by atoms with Crippen LogP contribution >= 0.6 is 0 Å². The Kier molecular flexibility index (Phi) is 4.44. The standard InChI is InChI=1S/C21H24N6O/c28-20(15-25-10-12-26(13-11-25)21-22-7-3-8-23-21)27-9-6-19-17(14-27)16-4-1-2-5-18(16)24-19/h1-5,7-8,24H,6,9-15H2. The van der Waals surface area contributed by atoms with Crippen molar-refractivity contribution in [3.63, 3.8) is 0 Å². The first-order valence-electron chi connectivity index (χ1n) is 9.88. The first-order valence-corrected chi connectivity index (χ1v) is 9.88. The number of aromatic amines is 1. The molecule has 0 aliphatic carbocycles. The molecular weight excluding hydrogens is 352 g/mol. The number of rotatable bonds is 3. The molecule has 7 heteroatoms. The van der Waals surface area contributed by atoms with Crippen LogP contribution in [0.4, 0.5) is 5.95 Å². The lowest BCUT2D eigenvalue weighted by atomic mass is 10.0. The molecule has 7 nitrogen and oxygen atoms in total. The van der Waals surface area contributed by atoms with Gasteiger partial charge in [-0.2, -0.15) is 0 Å². The molecule has 1 N–H and O–H groups in total. The maximum absolute atomic E-state index is 12.9. The van der Waals surface area contributed by atoms with Gasteiger partial charge in [0.05, 0.1) is 6.54 Å². The van der Waals surface area contributed by atoms with Crippen molar-refractivity contribution in [1.29, 1.82) is 0 Å². The summed E-state index contributed by atoms with van der Waals surface area (Å²) in [5.41, 5.74) is 3.73. The number of nitrogens with zero attached hydrogens (tertiary/aromatic N) is 5. The number of anilines is 1. The highest BCUT2D eigenvalue weighted by molar-refractivity contribution is 5.86. The summed E-state index contributed by atoms with van der Waals surface area (Å²) in [7, 11) is 0. The number of H-pyrrole nitrogens is 1. The molecule has 2 aliphatic rings. The minimum Gasteiger partial charge on any atom is -0.358 e. The number of aromatic nitrogens is 3. The van der Waals surface area contributed by atoms with Crippen LogP contribution in [0.3, 0.4) is 0 Å². The van der Waals surface area contributed by atoms with Crippen LogP contribution in [-0.4, -0.2) is 69.9 Å². The Labute approximate surface area is 164 Å². The molecule has 0 saturated carbocycles. The third kappa shape index (κ3) is 3.22. The van der Waals surface area contributed by atoms with Crippen molar-refractivity contribution in [2.45, 2.75) is 13.0 Å². The molecule has 1 saturated heterocycles. The van der Waals surface area contributed by atoms with Crippen LogP contribution in [0, 0.1) is 0 Å². The van der Waals surface area contributed by atoms with Gasteiger partial charge in [0.15, 0.2) is 0 Å². The zero-order valence-corrected chi connectivity index (χ0v) is 15.8. The Balaban J connectivity index is 1.20. The van der Waals surface area contributed by atoms with Gasteiger partial charge in [-0.25, -0.2) is 9.97 Å². The summed E-state index contributed by atoms with van der Waals surface area (Å²) in [6.07, 6.45) is 4.44. The minimum atomic E-state index is 0.223. The fraction of sp³-hybridized carbons (Fsp3) is 0.381. The van der Waals surface area contributed by atoms with Gasteiger partial charge in [0.1, 0.15) is 0 Å². The molecular formula is C21H24N6O. The maximum Gasteiger partial charge on any atom is 0.237 e. The van der Waals surface area contributed by atoms with Gasteiger partial charge in [0.2, 0.25) is 11.9 Å². The van der Waals surface area contributed by atoms with E-state index in [4.69, 9.17) is 0 Å². The summed E-state index contributed by atoms with van der Waals surface area (Å²) in [6.45, 7) is 5.40. The number of carbonyl (C=O) groups is 1. The largest absolute Gasteiger partial charge is 0.358 e. The van der Waals surface area contributed by atoms with E-state index in [0.717, 1.165) is 45.1 Å². The highest BCUT2D eigenvalue weighted by Crippen LogP contribution is 2.27. The van der Waals surface area contributed by atoms with Crippen molar-refractivity contribution in [2.75, 3.05) is 44.2 Å². The van der Waals surface area contributed by atoms with Crippen molar-refractivity contribution < 1.29 is 4.79 Å². The fourth-order valence-electron chi connectivity index (χ4n) is 4.23.